The summed E-state index contributed by atoms with van der Waals surface area (Å²) in [7, 11) is -3.57. The van der Waals surface area contributed by atoms with E-state index in [2.05, 4.69) is 4.72 Å². The van der Waals surface area contributed by atoms with Crippen molar-refractivity contribution in [1.29, 1.82) is 5.26 Å². The number of rotatable bonds is 4. The highest BCUT2D eigenvalue weighted by Gasteiger charge is 2.31. The molecule has 1 saturated heterocycles. The molecule has 0 amide bonds. The van der Waals surface area contributed by atoms with E-state index in [-0.39, 0.29) is 11.4 Å². The monoisotopic (exact) mass is 294 g/mol. The molecule has 1 aliphatic heterocycles. The number of hydrogen-bond acceptors (Lipinski definition) is 4. The van der Waals surface area contributed by atoms with Crippen molar-refractivity contribution in [3.8, 4) is 6.07 Å². The van der Waals surface area contributed by atoms with Crippen LogP contribution < -0.4 is 4.72 Å². The minimum atomic E-state index is -3.57. The predicted molar refractivity (Wildman–Crippen MR) is 74.7 cm³/mol. The molecular weight excluding hydrogens is 276 g/mol. The molecule has 1 aromatic carbocycles. The fourth-order valence-electron chi connectivity index (χ4n) is 2.24. The Morgan fingerprint density at radius 3 is 2.80 bits per heavy atom. The molecule has 20 heavy (non-hydrogen) atoms. The largest absolute Gasteiger partial charge is 0.374 e. The molecule has 1 aromatic rings. The van der Waals surface area contributed by atoms with Gasteiger partial charge in [-0.25, -0.2) is 13.1 Å². The van der Waals surface area contributed by atoms with E-state index < -0.39 is 15.6 Å². The Balaban J connectivity index is 2.14. The number of hydrogen-bond donors (Lipinski definition) is 1. The number of aryl methyl sites for hydroxylation is 1. The fourth-order valence-corrected chi connectivity index (χ4v) is 3.48. The van der Waals surface area contributed by atoms with Crippen LogP contribution in [0.25, 0.3) is 0 Å². The van der Waals surface area contributed by atoms with Gasteiger partial charge in [-0.2, -0.15) is 5.26 Å². The molecule has 0 spiro atoms. The van der Waals surface area contributed by atoms with Gasteiger partial charge in [0.05, 0.1) is 22.1 Å². The van der Waals surface area contributed by atoms with E-state index in [1.165, 1.54) is 18.2 Å². The van der Waals surface area contributed by atoms with Crippen molar-refractivity contribution in [1.82, 2.24) is 4.72 Å². The first-order valence-corrected chi connectivity index (χ1v) is 7.99. The van der Waals surface area contributed by atoms with Crippen molar-refractivity contribution in [2.24, 2.45) is 0 Å². The van der Waals surface area contributed by atoms with Gasteiger partial charge in [0.15, 0.2) is 0 Å². The van der Waals surface area contributed by atoms with Crippen molar-refractivity contribution in [2.45, 2.75) is 37.2 Å². The molecule has 1 fully saturated rings. The van der Waals surface area contributed by atoms with Crippen LogP contribution in [0.3, 0.4) is 0 Å². The quantitative estimate of drug-likeness (QED) is 0.917. The Kier molecular flexibility index (Phi) is 4.14. The second kappa shape index (κ2) is 5.52. The van der Waals surface area contributed by atoms with Gasteiger partial charge in [0.2, 0.25) is 10.0 Å². The maximum absolute atomic E-state index is 12.2. The molecule has 1 atom stereocenters. The van der Waals surface area contributed by atoms with Crippen molar-refractivity contribution in [2.75, 3.05) is 13.2 Å². The number of benzene rings is 1. The molecule has 1 N–H and O–H groups in total. The second-order valence-corrected chi connectivity index (χ2v) is 7.08. The first-order chi connectivity index (χ1) is 9.36. The normalized spacial score (nSPS) is 22.6. The summed E-state index contributed by atoms with van der Waals surface area (Å²) in [5, 5.41) is 8.86. The molecule has 6 heteroatoms. The average Bonchev–Trinajstić information content (AvgIpc) is 2.84. The Hall–Kier alpha value is -1.42. The summed E-state index contributed by atoms with van der Waals surface area (Å²) in [6.07, 6.45) is 1.80. The highest BCUT2D eigenvalue weighted by Crippen LogP contribution is 2.24. The maximum Gasteiger partial charge on any atom is 0.240 e. The number of ether oxygens (including phenoxy) is 1. The second-order valence-electron chi connectivity index (χ2n) is 5.32. The summed E-state index contributed by atoms with van der Waals surface area (Å²) in [4.78, 5) is 0.176. The smallest absolute Gasteiger partial charge is 0.240 e. The average molecular weight is 294 g/mol. The molecule has 1 unspecified atom stereocenters. The molecule has 5 nitrogen and oxygen atoms in total. The summed E-state index contributed by atoms with van der Waals surface area (Å²) < 4.78 is 32.6. The van der Waals surface area contributed by atoms with Gasteiger partial charge in [0, 0.05) is 13.2 Å². The Bertz CT molecular complexity index is 641. The number of nitrogens with one attached hydrogen (secondary N) is 1. The Morgan fingerprint density at radius 2 is 2.25 bits per heavy atom. The van der Waals surface area contributed by atoms with E-state index >= 15 is 0 Å². The van der Waals surface area contributed by atoms with Crippen LogP contribution in [0.2, 0.25) is 0 Å². The van der Waals surface area contributed by atoms with Crippen molar-refractivity contribution in [3.05, 3.63) is 29.3 Å². The first kappa shape index (κ1) is 15.0. The lowest BCUT2D eigenvalue weighted by Gasteiger charge is -2.23. The third-order valence-electron chi connectivity index (χ3n) is 3.57. The van der Waals surface area contributed by atoms with Gasteiger partial charge < -0.3 is 4.74 Å². The summed E-state index contributed by atoms with van der Waals surface area (Å²) in [6.45, 7) is 4.56. The SMILES string of the molecule is Cc1cc(S(=O)(=O)NCC2(C)CCCO2)ccc1C#N. The van der Waals surface area contributed by atoms with Crippen molar-refractivity contribution < 1.29 is 13.2 Å². The molecule has 0 bridgehead atoms. The molecule has 1 aliphatic rings. The van der Waals surface area contributed by atoms with Gasteiger partial charge in [-0.05, 0) is 50.5 Å². The highest BCUT2D eigenvalue weighted by atomic mass is 32.2. The van der Waals surface area contributed by atoms with Crippen LogP contribution in [0.5, 0.6) is 0 Å². The Labute approximate surface area is 119 Å². The van der Waals surface area contributed by atoms with Crippen LogP contribution in [0.4, 0.5) is 0 Å². The van der Waals surface area contributed by atoms with Gasteiger partial charge in [-0.3, -0.25) is 0 Å². The Morgan fingerprint density at radius 1 is 1.50 bits per heavy atom. The minimum Gasteiger partial charge on any atom is -0.374 e. The zero-order chi connectivity index (χ0) is 14.8. The standard InChI is InChI=1S/C14H18N2O3S/c1-11-8-13(5-4-12(11)9-15)20(17,18)16-10-14(2)6-3-7-19-14/h4-5,8,16H,3,6-7,10H2,1-2H3. The molecule has 1 heterocycles. The zero-order valence-corrected chi connectivity index (χ0v) is 12.5. The molecule has 0 aromatic heterocycles. The fraction of sp³-hybridized carbons (Fsp3) is 0.500. The van der Waals surface area contributed by atoms with E-state index in [9.17, 15) is 8.42 Å². The lowest BCUT2D eigenvalue weighted by atomic mass is 10.0. The molecule has 0 radical (unpaired) electrons. The third-order valence-corrected chi connectivity index (χ3v) is 4.96. The summed E-state index contributed by atoms with van der Waals surface area (Å²) in [5.41, 5.74) is 0.711. The van der Waals surface area contributed by atoms with Crippen LogP contribution in [0.1, 0.15) is 30.9 Å². The molecule has 0 aliphatic carbocycles. The lowest BCUT2D eigenvalue weighted by Crippen LogP contribution is -2.40. The van der Waals surface area contributed by atoms with Gasteiger partial charge in [0.25, 0.3) is 0 Å². The van der Waals surface area contributed by atoms with E-state index in [1.807, 2.05) is 13.0 Å². The number of nitriles is 1. The van der Waals surface area contributed by atoms with E-state index in [1.54, 1.807) is 6.92 Å². The van der Waals surface area contributed by atoms with E-state index in [4.69, 9.17) is 10.00 Å². The van der Waals surface area contributed by atoms with Gasteiger partial charge in [-0.15, -0.1) is 0 Å². The van der Waals surface area contributed by atoms with Gasteiger partial charge in [0.1, 0.15) is 0 Å². The number of nitrogens with zero attached hydrogens (tertiary/aromatic N) is 1. The van der Waals surface area contributed by atoms with Crippen LogP contribution >= 0.6 is 0 Å². The van der Waals surface area contributed by atoms with E-state index in [0.29, 0.717) is 17.7 Å². The van der Waals surface area contributed by atoms with Crippen molar-refractivity contribution in [3.63, 3.8) is 0 Å². The lowest BCUT2D eigenvalue weighted by molar-refractivity contribution is 0.0250. The molecule has 108 valence electrons. The summed E-state index contributed by atoms with van der Waals surface area (Å²) in [6, 6.07) is 6.51. The van der Waals surface area contributed by atoms with Gasteiger partial charge in [-0.1, -0.05) is 0 Å². The van der Waals surface area contributed by atoms with Crippen LogP contribution in [0.15, 0.2) is 23.1 Å². The van der Waals surface area contributed by atoms with E-state index in [0.717, 1.165) is 12.8 Å². The molecule has 0 saturated carbocycles. The topological polar surface area (TPSA) is 79.2 Å². The van der Waals surface area contributed by atoms with Crippen LogP contribution in [0, 0.1) is 18.3 Å². The zero-order valence-electron chi connectivity index (χ0n) is 11.6. The number of sulfonamides is 1. The van der Waals surface area contributed by atoms with Crippen LogP contribution in [-0.4, -0.2) is 27.2 Å². The van der Waals surface area contributed by atoms with Crippen LogP contribution in [-0.2, 0) is 14.8 Å². The minimum absolute atomic E-state index is 0.176. The molecular formula is C14H18N2O3S. The maximum atomic E-state index is 12.2. The first-order valence-electron chi connectivity index (χ1n) is 6.51. The van der Waals surface area contributed by atoms with Gasteiger partial charge >= 0.3 is 0 Å². The predicted octanol–water partition coefficient (Wildman–Crippen LogP) is 1.71. The summed E-state index contributed by atoms with van der Waals surface area (Å²) in [5.74, 6) is 0. The summed E-state index contributed by atoms with van der Waals surface area (Å²) >= 11 is 0. The molecule has 2 rings (SSSR count). The third kappa shape index (κ3) is 3.18. The highest BCUT2D eigenvalue weighted by molar-refractivity contribution is 7.89. The van der Waals surface area contributed by atoms with Crippen molar-refractivity contribution >= 4 is 10.0 Å².